The molecule has 1 saturated heterocycles. The molecule has 1 aromatic rings. The van der Waals surface area contributed by atoms with Gasteiger partial charge in [-0.05, 0) is 48.1 Å². The van der Waals surface area contributed by atoms with Gasteiger partial charge in [0.1, 0.15) is 0 Å². The smallest absolute Gasteiger partial charge is 0.255 e. The van der Waals surface area contributed by atoms with Crippen molar-refractivity contribution in [1.29, 1.82) is 0 Å². The number of carbonyl (C=O) groups excluding carboxylic acids is 1. The van der Waals surface area contributed by atoms with Gasteiger partial charge in [0, 0.05) is 29.2 Å². The molecule has 1 amide bonds. The Kier molecular flexibility index (Phi) is 6.31. The lowest BCUT2D eigenvalue weighted by atomic mass is 10.1. The number of carbonyl (C=O) groups is 1. The minimum absolute atomic E-state index is 0.0275. The van der Waals surface area contributed by atoms with Crippen molar-refractivity contribution >= 4 is 28.5 Å². The van der Waals surface area contributed by atoms with Gasteiger partial charge in [-0.25, -0.2) is 0 Å². The predicted octanol–water partition coefficient (Wildman–Crippen LogP) is 2.81. The molecule has 1 aromatic carbocycles. The van der Waals surface area contributed by atoms with Crippen molar-refractivity contribution in [2.75, 3.05) is 40.5 Å². The standard InChI is InChI=1S/C16H22INO4/c1-4-18(9-11-5-6-22-10-11)16(19)12-7-14(20-2)15(21-3)8-13(12)17/h7-8,11H,4-6,9-10H2,1-3H3. The Bertz CT molecular complexity index is 529. The van der Waals surface area contributed by atoms with E-state index in [1.165, 1.54) is 0 Å². The van der Waals surface area contributed by atoms with Crippen molar-refractivity contribution in [3.63, 3.8) is 0 Å². The van der Waals surface area contributed by atoms with Gasteiger partial charge in [0.2, 0.25) is 0 Å². The average Bonchev–Trinajstić information content (AvgIpc) is 3.04. The number of benzene rings is 1. The summed E-state index contributed by atoms with van der Waals surface area (Å²) in [6.45, 7) is 4.96. The molecule has 0 saturated carbocycles. The lowest BCUT2D eigenvalue weighted by Crippen LogP contribution is -2.36. The van der Waals surface area contributed by atoms with Crippen LogP contribution in [0.4, 0.5) is 0 Å². The second-order valence-corrected chi connectivity index (χ2v) is 6.42. The highest BCUT2D eigenvalue weighted by molar-refractivity contribution is 14.1. The van der Waals surface area contributed by atoms with E-state index in [-0.39, 0.29) is 5.91 Å². The van der Waals surface area contributed by atoms with Gasteiger partial charge >= 0.3 is 0 Å². The second-order valence-electron chi connectivity index (χ2n) is 5.26. The van der Waals surface area contributed by atoms with Crippen molar-refractivity contribution < 1.29 is 19.0 Å². The molecule has 5 nitrogen and oxygen atoms in total. The molecule has 1 atom stereocenters. The van der Waals surface area contributed by atoms with E-state index in [0.717, 1.165) is 29.7 Å². The highest BCUT2D eigenvalue weighted by Crippen LogP contribution is 2.32. The van der Waals surface area contributed by atoms with Gasteiger partial charge < -0.3 is 19.1 Å². The summed E-state index contributed by atoms with van der Waals surface area (Å²) < 4.78 is 16.8. The van der Waals surface area contributed by atoms with E-state index >= 15 is 0 Å². The van der Waals surface area contributed by atoms with Gasteiger partial charge in [0.15, 0.2) is 11.5 Å². The average molecular weight is 419 g/mol. The van der Waals surface area contributed by atoms with Crippen molar-refractivity contribution in [1.82, 2.24) is 4.90 Å². The Morgan fingerprint density at radius 1 is 1.36 bits per heavy atom. The zero-order chi connectivity index (χ0) is 16.1. The molecule has 0 aliphatic carbocycles. The second kappa shape index (κ2) is 8.01. The molecule has 1 fully saturated rings. The maximum atomic E-state index is 12.8. The predicted molar refractivity (Wildman–Crippen MR) is 92.8 cm³/mol. The fourth-order valence-electron chi connectivity index (χ4n) is 2.58. The topological polar surface area (TPSA) is 48.0 Å². The lowest BCUT2D eigenvalue weighted by Gasteiger charge is -2.24. The van der Waals surface area contributed by atoms with Gasteiger partial charge in [0.25, 0.3) is 5.91 Å². The third-order valence-electron chi connectivity index (χ3n) is 3.88. The summed E-state index contributed by atoms with van der Waals surface area (Å²) in [5, 5.41) is 0. The Morgan fingerprint density at radius 3 is 2.59 bits per heavy atom. The van der Waals surface area contributed by atoms with Crippen LogP contribution in [-0.2, 0) is 4.74 Å². The molecule has 1 unspecified atom stereocenters. The van der Waals surface area contributed by atoms with Crippen molar-refractivity contribution in [2.24, 2.45) is 5.92 Å². The summed E-state index contributed by atoms with van der Waals surface area (Å²) >= 11 is 2.16. The van der Waals surface area contributed by atoms with Gasteiger partial charge in [-0.15, -0.1) is 0 Å². The van der Waals surface area contributed by atoms with Crippen LogP contribution in [0.5, 0.6) is 11.5 Å². The summed E-state index contributed by atoms with van der Waals surface area (Å²) in [4.78, 5) is 14.7. The van der Waals surface area contributed by atoms with Crippen LogP contribution in [0, 0.1) is 9.49 Å². The normalized spacial score (nSPS) is 17.4. The first-order valence-electron chi connectivity index (χ1n) is 7.39. The Balaban J connectivity index is 2.22. The summed E-state index contributed by atoms with van der Waals surface area (Å²) in [6.07, 6.45) is 1.02. The summed E-state index contributed by atoms with van der Waals surface area (Å²) in [5.41, 5.74) is 0.652. The largest absolute Gasteiger partial charge is 0.493 e. The highest BCUT2D eigenvalue weighted by Gasteiger charge is 2.24. The van der Waals surface area contributed by atoms with Crippen LogP contribution in [0.1, 0.15) is 23.7 Å². The van der Waals surface area contributed by atoms with Crippen LogP contribution in [0.15, 0.2) is 12.1 Å². The summed E-state index contributed by atoms with van der Waals surface area (Å²) in [6, 6.07) is 3.59. The van der Waals surface area contributed by atoms with E-state index in [0.29, 0.717) is 29.5 Å². The Labute approximate surface area is 145 Å². The van der Waals surface area contributed by atoms with E-state index in [9.17, 15) is 4.79 Å². The number of amides is 1. The minimum atomic E-state index is 0.0275. The van der Waals surface area contributed by atoms with Crippen LogP contribution < -0.4 is 9.47 Å². The van der Waals surface area contributed by atoms with Crippen molar-refractivity contribution in [2.45, 2.75) is 13.3 Å². The van der Waals surface area contributed by atoms with Gasteiger partial charge in [-0.3, -0.25) is 4.79 Å². The number of hydrogen-bond donors (Lipinski definition) is 0. The molecule has 0 bridgehead atoms. The molecule has 1 heterocycles. The van der Waals surface area contributed by atoms with Gasteiger partial charge in [-0.1, -0.05) is 0 Å². The molecule has 122 valence electrons. The van der Waals surface area contributed by atoms with E-state index in [1.54, 1.807) is 20.3 Å². The molecule has 6 heteroatoms. The van der Waals surface area contributed by atoms with E-state index in [2.05, 4.69) is 22.6 Å². The summed E-state index contributed by atoms with van der Waals surface area (Å²) in [5.74, 6) is 1.67. The lowest BCUT2D eigenvalue weighted by molar-refractivity contribution is 0.0729. The van der Waals surface area contributed by atoms with Crippen LogP contribution in [0.2, 0.25) is 0 Å². The van der Waals surface area contributed by atoms with Gasteiger partial charge in [-0.2, -0.15) is 0 Å². The quantitative estimate of drug-likeness (QED) is 0.666. The zero-order valence-electron chi connectivity index (χ0n) is 13.2. The SMILES string of the molecule is CCN(CC1CCOC1)C(=O)c1cc(OC)c(OC)cc1I. The Morgan fingerprint density at radius 2 is 2.05 bits per heavy atom. The van der Waals surface area contributed by atoms with Crippen LogP contribution in [-0.4, -0.2) is 51.3 Å². The van der Waals surface area contributed by atoms with Crippen LogP contribution in [0.3, 0.4) is 0 Å². The molecule has 1 aliphatic rings. The molecule has 1 aliphatic heterocycles. The zero-order valence-corrected chi connectivity index (χ0v) is 15.4. The maximum absolute atomic E-state index is 12.8. The fourth-order valence-corrected chi connectivity index (χ4v) is 3.25. The first-order chi connectivity index (χ1) is 10.6. The molecule has 0 spiro atoms. The van der Waals surface area contributed by atoms with Crippen molar-refractivity contribution in [3.05, 3.63) is 21.3 Å². The monoisotopic (exact) mass is 419 g/mol. The third kappa shape index (κ3) is 3.84. The van der Waals surface area contributed by atoms with Crippen LogP contribution in [0.25, 0.3) is 0 Å². The number of methoxy groups -OCH3 is 2. The fraction of sp³-hybridized carbons (Fsp3) is 0.562. The van der Waals surface area contributed by atoms with Crippen LogP contribution >= 0.6 is 22.6 Å². The maximum Gasteiger partial charge on any atom is 0.255 e. The number of halogens is 1. The van der Waals surface area contributed by atoms with Gasteiger partial charge in [0.05, 0.1) is 26.4 Å². The number of hydrogen-bond acceptors (Lipinski definition) is 4. The number of nitrogens with zero attached hydrogens (tertiary/aromatic N) is 1. The molecule has 2 rings (SSSR count). The Hall–Kier alpha value is -1.02. The first kappa shape index (κ1) is 17.3. The minimum Gasteiger partial charge on any atom is -0.493 e. The molecule has 0 radical (unpaired) electrons. The van der Waals surface area contributed by atoms with E-state index in [4.69, 9.17) is 14.2 Å². The molecule has 0 aromatic heterocycles. The molecular formula is C16H22INO4. The third-order valence-corrected chi connectivity index (χ3v) is 4.77. The van der Waals surface area contributed by atoms with E-state index < -0.39 is 0 Å². The van der Waals surface area contributed by atoms with E-state index in [1.807, 2.05) is 17.9 Å². The van der Waals surface area contributed by atoms with Crippen molar-refractivity contribution in [3.8, 4) is 11.5 Å². The first-order valence-corrected chi connectivity index (χ1v) is 8.47. The number of rotatable bonds is 6. The molecule has 0 N–H and O–H groups in total. The summed E-state index contributed by atoms with van der Waals surface area (Å²) in [7, 11) is 3.17. The highest BCUT2D eigenvalue weighted by atomic mass is 127. The molecule has 22 heavy (non-hydrogen) atoms. The molecular weight excluding hydrogens is 397 g/mol. The number of ether oxygens (including phenoxy) is 3.